The van der Waals surface area contributed by atoms with Crippen LogP contribution < -0.4 is 4.57 Å². The fourth-order valence-corrected chi connectivity index (χ4v) is 3.70. The third-order valence-electron chi connectivity index (χ3n) is 5.59. The van der Waals surface area contributed by atoms with Gasteiger partial charge in [0.15, 0.2) is 12.2 Å². The van der Waals surface area contributed by atoms with Gasteiger partial charge in [-0.15, -0.1) is 0 Å². The maximum atomic E-state index is 5.03. The average Bonchev–Trinajstić information content (AvgIpc) is 2.98. The lowest BCUT2D eigenvalue weighted by Gasteiger charge is -2.34. The van der Waals surface area contributed by atoms with E-state index in [0.29, 0.717) is 6.04 Å². The first kappa shape index (κ1) is 15.4. The molecular formula is C21H26N3+. The quantitative estimate of drug-likeness (QED) is 0.555. The molecule has 1 aliphatic heterocycles. The molecule has 2 aromatic heterocycles. The van der Waals surface area contributed by atoms with Crippen LogP contribution in [-0.2, 0) is 11.0 Å². The summed E-state index contributed by atoms with van der Waals surface area (Å²) in [4.78, 5) is 0. The summed E-state index contributed by atoms with van der Waals surface area (Å²) in [7, 11) is 0. The van der Waals surface area contributed by atoms with Gasteiger partial charge in [-0.25, -0.2) is 4.68 Å². The molecule has 4 rings (SSSR count). The van der Waals surface area contributed by atoms with Gasteiger partial charge in [-0.05, 0) is 31.4 Å². The van der Waals surface area contributed by atoms with E-state index in [0.717, 1.165) is 5.69 Å². The highest BCUT2D eigenvalue weighted by atomic mass is 15.4. The minimum absolute atomic E-state index is 0.0407. The number of hydrogen-bond acceptors (Lipinski definition) is 1. The van der Waals surface area contributed by atoms with Crippen LogP contribution >= 0.6 is 0 Å². The molecule has 0 N–H and O–H groups in total. The Morgan fingerprint density at radius 2 is 1.83 bits per heavy atom. The van der Waals surface area contributed by atoms with Crippen LogP contribution in [-0.4, -0.2) is 9.78 Å². The van der Waals surface area contributed by atoms with Crippen molar-refractivity contribution in [2.45, 2.75) is 58.5 Å². The van der Waals surface area contributed by atoms with E-state index in [1.165, 1.54) is 22.2 Å². The second-order valence-corrected chi connectivity index (χ2v) is 8.57. The third kappa shape index (κ3) is 1.97. The predicted octanol–water partition coefficient (Wildman–Crippen LogP) is 4.60. The van der Waals surface area contributed by atoms with E-state index in [2.05, 4.69) is 93.4 Å². The first-order valence-corrected chi connectivity index (χ1v) is 8.75. The smallest absolute Gasteiger partial charge is 0.239 e. The Bertz CT molecular complexity index is 941. The van der Waals surface area contributed by atoms with Gasteiger partial charge in [-0.3, -0.25) is 0 Å². The van der Waals surface area contributed by atoms with Gasteiger partial charge in [0.05, 0.1) is 11.1 Å². The standard InChI is InChI=1S/C21H26N3/c1-14-21(5,6)24-17(13-18(22-24)20(2,3)4)19-16-10-8-7-9-15(16)11-12-23(14)19/h7-14H,1-6H3/q+1. The largest absolute Gasteiger partial charge is 0.246 e. The highest BCUT2D eigenvalue weighted by molar-refractivity contribution is 5.92. The molecule has 124 valence electrons. The van der Waals surface area contributed by atoms with Crippen molar-refractivity contribution in [3.8, 4) is 11.4 Å². The van der Waals surface area contributed by atoms with Gasteiger partial charge in [0, 0.05) is 18.4 Å². The van der Waals surface area contributed by atoms with Crippen molar-refractivity contribution < 1.29 is 4.57 Å². The molecule has 1 unspecified atom stereocenters. The van der Waals surface area contributed by atoms with Crippen molar-refractivity contribution in [2.75, 3.05) is 0 Å². The van der Waals surface area contributed by atoms with E-state index < -0.39 is 0 Å². The van der Waals surface area contributed by atoms with Gasteiger partial charge >= 0.3 is 0 Å². The zero-order chi connectivity index (χ0) is 17.3. The molecule has 3 heterocycles. The molecule has 0 amide bonds. The van der Waals surface area contributed by atoms with Gasteiger partial charge in [0.25, 0.3) is 0 Å². The summed E-state index contributed by atoms with van der Waals surface area (Å²) in [5.74, 6) is 0. The lowest BCUT2D eigenvalue weighted by molar-refractivity contribution is -0.723. The Balaban J connectivity index is 2.12. The number of pyridine rings is 1. The van der Waals surface area contributed by atoms with Crippen LogP contribution in [0.2, 0.25) is 0 Å². The topological polar surface area (TPSA) is 21.7 Å². The average molecular weight is 320 g/mol. The van der Waals surface area contributed by atoms with Gasteiger partial charge in [-0.1, -0.05) is 39.0 Å². The molecule has 0 aliphatic carbocycles. The van der Waals surface area contributed by atoms with E-state index >= 15 is 0 Å². The summed E-state index contributed by atoms with van der Waals surface area (Å²) in [6.45, 7) is 13.6. The van der Waals surface area contributed by atoms with Crippen LogP contribution in [0.3, 0.4) is 0 Å². The van der Waals surface area contributed by atoms with E-state index in [4.69, 9.17) is 5.10 Å². The maximum absolute atomic E-state index is 5.03. The molecule has 24 heavy (non-hydrogen) atoms. The summed E-state index contributed by atoms with van der Waals surface area (Å²) in [5.41, 5.74) is 3.62. The molecule has 0 saturated carbocycles. The molecule has 3 heteroatoms. The summed E-state index contributed by atoms with van der Waals surface area (Å²) in [6.07, 6.45) is 2.23. The molecule has 1 aliphatic rings. The van der Waals surface area contributed by atoms with Crippen LogP contribution in [0.15, 0.2) is 42.6 Å². The molecule has 1 atom stereocenters. The van der Waals surface area contributed by atoms with Crippen LogP contribution in [0.5, 0.6) is 0 Å². The predicted molar refractivity (Wildman–Crippen MR) is 98.1 cm³/mol. The molecule has 1 aromatic carbocycles. The Kier molecular flexibility index (Phi) is 3.00. The van der Waals surface area contributed by atoms with Crippen LogP contribution in [0.4, 0.5) is 0 Å². The second-order valence-electron chi connectivity index (χ2n) is 8.57. The number of fused-ring (bicyclic) bond motifs is 5. The third-order valence-corrected chi connectivity index (χ3v) is 5.59. The van der Waals surface area contributed by atoms with E-state index in [-0.39, 0.29) is 11.0 Å². The highest BCUT2D eigenvalue weighted by Crippen LogP contribution is 2.40. The Hall–Kier alpha value is -2.16. The summed E-state index contributed by atoms with van der Waals surface area (Å²) in [6, 6.07) is 13.5. The van der Waals surface area contributed by atoms with Gasteiger partial charge in [0.1, 0.15) is 11.2 Å². The van der Waals surface area contributed by atoms with Gasteiger partial charge in [0.2, 0.25) is 5.69 Å². The second kappa shape index (κ2) is 4.69. The molecule has 3 nitrogen and oxygen atoms in total. The minimum Gasteiger partial charge on any atom is -0.246 e. The summed E-state index contributed by atoms with van der Waals surface area (Å²) < 4.78 is 4.67. The van der Waals surface area contributed by atoms with Gasteiger partial charge in [-0.2, -0.15) is 9.67 Å². The first-order valence-electron chi connectivity index (χ1n) is 8.75. The van der Waals surface area contributed by atoms with E-state index in [1.54, 1.807) is 0 Å². The Morgan fingerprint density at radius 3 is 2.54 bits per heavy atom. The van der Waals surface area contributed by atoms with Crippen molar-refractivity contribution in [3.05, 3.63) is 48.3 Å². The fourth-order valence-electron chi connectivity index (χ4n) is 3.70. The van der Waals surface area contributed by atoms with Crippen molar-refractivity contribution >= 4 is 10.8 Å². The first-order chi connectivity index (χ1) is 11.2. The fraction of sp³-hybridized carbons (Fsp3) is 0.429. The van der Waals surface area contributed by atoms with Gasteiger partial charge < -0.3 is 0 Å². The van der Waals surface area contributed by atoms with E-state index in [9.17, 15) is 0 Å². The monoisotopic (exact) mass is 320 g/mol. The molecular weight excluding hydrogens is 294 g/mol. The Labute approximate surface area is 143 Å². The molecule has 0 fully saturated rings. The normalized spacial score (nSPS) is 19.2. The summed E-state index contributed by atoms with van der Waals surface area (Å²) in [5, 5.41) is 7.61. The molecule has 0 radical (unpaired) electrons. The molecule has 0 spiro atoms. The zero-order valence-electron chi connectivity index (χ0n) is 15.5. The number of rotatable bonds is 0. The Morgan fingerprint density at radius 1 is 1.12 bits per heavy atom. The zero-order valence-corrected chi connectivity index (χ0v) is 15.5. The van der Waals surface area contributed by atoms with Crippen molar-refractivity contribution in [3.63, 3.8) is 0 Å². The number of aromatic nitrogens is 3. The minimum atomic E-state index is -0.0705. The van der Waals surface area contributed by atoms with Crippen LogP contribution in [0.1, 0.15) is 53.3 Å². The molecule has 0 saturated heterocycles. The maximum Gasteiger partial charge on any atom is 0.239 e. The lowest BCUT2D eigenvalue weighted by atomic mass is 9.90. The SMILES string of the molecule is CC1[n+]2ccc3ccccc3c2-c2cc(C(C)(C)C)nn2C1(C)C. The lowest BCUT2D eigenvalue weighted by Crippen LogP contribution is -2.55. The number of benzene rings is 1. The van der Waals surface area contributed by atoms with Crippen molar-refractivity contribution in [1.82, 2.24) is 9.78 Å². The molecule has 0 bridgehead atoms. The van der Waals surface area contributed by atoms with Crippen LogP contribution in [0, 0.1) is 0 Å². The van der Waals surface area contributed by atoms with Crippen LogP contribution in [0.25, 0.3) is 22.2 Å². The number of nitrogens with zero attached hydrogens (tertiary/aromatic N) is 3. The highest BCUT2D eigenvalue weighted by Gasteiger charge is 2.45. The van der Waals surface area contributed by atoms with Crippen molar-refractivity contribution in [1.29, 1.82) is 0 Å². The number of hydrogen-bond donors (Lipinski definition) is 0. The van der Waals surface area contributed by atoms with E-state index in [1.807, 2.05) is 0 Å². The summed E-state index contributed by atoms with van der Waals surface area (Å²) >= 11 is 0. The molecule has 3 aromatic rings. The van der Waals surface area contributed by atoms with Crippen molar-refractivity contribution in [2.24, 2.45) is 0 Å².